The summed E-state index contributed by atoms with van der Waals surface area (Å²) >= 11 is 0. The number of aryl methyl sites for hydroxylation is 1. The number of aromatic nitrogens is 1. The van der Waals surface area contributed by atoms with E-state index in [1.165, 1.54) is 6.92 Å². The van der Waals surface area contributed by atoms with Gasteiger partial charge in [-0.3, -0.25) is 9.59 Å². The van der Waals surface area contributed by atoms with Crippen molar-refractivity contribution in [3.63, 3.8) is 0 Å². The molecule has 1 aromatic heterocycles. The first-order valence-electron chi connectivity index (χ1n) is 7.21. The molecule has 1 aromatic rings. The van der Waals surface area contributed by atoms with Crippen molar-refractivity contribution >= 4 is 11.7 Å². The summed E-state index contributed by atoms with van der Waals surface area (Å²) in [6.45, 7) is 11.1. The number of rotatable bonds is 5. The van der Waals surface area contributed by atoms with Crippen molar-refractivity contribution in [3.05, 3.63) is 22.5 Å². The van der Waals surface area contributed by atoms with Crippen LogP contribution in [-0.2, 0) is 0 Å². The molecule has 0 aromatic carbocycles. The molecule has 0 radical (unpaired) electrons. The highest BCUT2D eigenvalue weighted by Crippen LogP contribution is 2.23. The maximum atomic E-state index is 12.5. The number of carbonyl (C=O) groups is 2. The zero-order chi connectivity index (χ0) is 16.4. The van der Waals surface area contributed by atoms with Crippen LogP contribution in [0.25, 0.3) is 0 Å². The lowest BCUT2D eigenvalue weighted by molar-refractivity contribution is 0.0880. The number of Topliss-reactive ketones (excluding diaryl/α,β-unsaturated/α-hetero) is 1. The van der Waals surface area contributed by atoms with E-state index in [0.29, 0.717) is 28.9 Å². The maximum absolute atomic E-state index is 12.5. The van der Waals surface area contributed by atoms with Gasteiger partial charge in [0, 0.05) is 23.9 Å². The third-order valence-corrected chi connectivity index (χ3v) is 3.79. The van der Waals surface area contributed by atoms with E-state index in [0.717, 1.165) is 0 Å². The van der Waals surface area contributed by atoms with Crippen molar-refractivity contribution in [1.29, 1.82) is 0 Å². The molecule has 0 aliphatic carbocycles. The average molecular weight is 294 g/mol. The number of aliphatic hydroxyl groups excluding tert-OH is 1. The van der Waals surface area contributed by atoms with Gasteiger partial charge in [0.2, 0.25) is 0 Å². The molecule has 118 valence electrons. The van der Waals surface area contributed by atoms with Gasteiger partial charge in [0.05, 0.1) is 0 Å². The van der Waals surface area contributed by atoms with Crippen molar-refractivity contribution in [3.8, 4) is 0 Å². The predicted octanol–water partition coefficient (Wildman–Crippen LogP) is 2.36. The highest BCUT2D eigenvalue weighted by Gasteiger charge is 2.28. The molecule has 1 heterocycles. The van der Waals surface area contributed by atoms with Gasteiger partial charge in [-0.15, -0.1) is 0 Å². The molecule has 1 atom stereocenters. The molecular weight excluding hydrogens is 268 g/mol. The van der Waals surface area contributed by atoms with Crippen LogP contribution in [0.1, 0.15) is 66.2 Å². The van der Waals surface area contributed by atoms with E-state index in [1.807, 2.05) is 20.8 Å². The number of nitrogens with one attached hydrogen (secondary N) is 2. The molecule has 0 bridgehead atoms. The van der Waals surface area contributed by atoms with E-state index in [9.17, 15) is 9.59 Å². The maximum Gasteiger partial charge on any atom is 0.268 e. The summed E-state index contributed by atoms with van der Waals surface area (Å²) in [4.78, 5) is 27.1. The highest BCUT2D eigenvalue weighted by atomic mass is 16.3. The fourth-order valence-electron chi connectivity index (χ4n) is 2.59. The monoisotopic (exact) mass is 294 g/mol. The van der Waals surface area contributed by atoms with E-state index in [1.54, 1.807) is 13.8 Å². The minimum absolute atomic E-state index is 0.0175. The van der Waals surface area contributed by atoms with Crippen LogP contribution in [0.2, 0.25) is 0 Å². The number of amides is 1. The number of aromatic amines is 1. The van der Waals surface area contributed by atoms with Crippen LogP contribution in [0.15, 0.2) is 0 Å². The SMILES string of the molecule is CC(=O)c1c(C)[nH]c(C(=O)NC(CCO)C(C)(C)C)c1C. The Bertz CT molecular complexity index is 538. The van der Waals surface area contributed by atoms with Crippen LogP contribution in [0.4, 0.5) is 0 Å². The number of hydrogen-bond acceptors (Lipinski definition) is 3. The summed E-state index contributed by atoms with van der Waals surface area (Å²) < 4.78 is 0. The molecule has 0 saturated heterocycles. The van der Waals surface area contributed by atoms with Gasteiger partial charge in [0.15, 0.2) is 5.78 Å². The Morgan fingerprint density at radius 2 is 1.86 bits per heavy atom. The second-order valence-electron chi connectivity index (χ2n) is 6.59. The lowest BCUT2D eigenvalue weighted by atomic mass is 9.85. The Morgan fingerprint density at radius 1 is 1.29 bits per heavy atom. The lowest BCUT2D eigenvalue weighted by Crippen LogP contribution is -2.44. The standard InChI is InChI=1S/C16H26N2O3/c1-9-13(11(3)20)10(2)17-14(9)15(21)18-12(7-8-19)16(4,5)6/h12,17,19H,7-8H2,1-6H3,(H,18,21). The summed E-state index contributed by atoms with van der Waals surface area (Å²) in [6, 6.07) is -0.140. The third-order valence-electron chi connectivity index (χ3n) is 3.79. The predicted molar refractivity (Wildman–Crippen MR) is 82.7 cm³/mol. The number of aliphatic hydroxyl groups is 1. The second-order valence-corrected chi connectivity index (χ2v) is 6.59. The normalized spacial score (nSPS) is 13.1. The number of hydrogen-bond donors (Lipinski definition) is 3. The van der Waals surface area contributed by atoms with Gasteiger partial charge in [-0.2, -0.15) is 0 Å². The van der Waals surface area contributed by atoms with Crippen molar-refractivity contribution in [1.82, 2.24) is 10.3 Å². The second kappa shape index (κ2) is 6.43. The van der Waals surface area contributed by atoms with Crippen molar-refractivity contribution in [2.24, 2.45) is 5.41 Å². The Labute approximate surface area is 126 Å². The molecule has 1 amide bonds. The molecule has 5 nitrogen and oxygen atoms in total. The average Bonchev–Trinajstić information content (AvgIpc) is 2.62. The first kappa shape index (κ1) is 17.4. The van der Waals surface area contributed by atoms with E-state index < -0.39 is 0 Å². The first-order valence-corrected chi connectivity index (χ1v) is 7.21. The quantitative estimate of drug-likeness (QED) is 0.729. The largest absolute Gasteiger partial charge is 0.396 e. The zero-order valence-electron chi connectivity index (χ0n) is 13.8. The molecule has 0 spiro atoms. The smallest absolute Gasteiger partial charge is 0.268 e. The summed E-state index contributed by atoms with van der Waals surface area (Å²) in [5.74, 6) is -0.292. The molecule has 1 rings (SSSR count). The molecule has 1 unspecified atom stereocenters. The van der Waals surface area contributed by atoms with E-state index in [4.69, 9.17) is 5.11 Å². The molecule has 21 heavy (non-hydrogen) atoms. The Morgan fingerprint density at radius 3 is 2.24 bits per heavy atom. The van der Waals surface area contributed by atoms with Gasteiger partial charge in [-0.05, 0) is 38.2 Å². The van der Waals surface area contributed by atoms with Crippen LogP contribution >= 0.6 is 0 Å². The van der Waals surface area contributed by atoms with Gasteiger partial charge in [0.1, 0.15) is 5.69 Å². The molecule has 0 aliphatic rings. The lowest BCUT2D eigenvalue weighted by Gasteiger charge is -2.31. The van der Waals surface area contributed by atoms with Crippen LogP contribution in [0.5, 0.6) is 0 Å². The summed E-state index contributed by atoms with van der Waals surface area (Å²) in [6.07, 6.45) is 0.494. The molecule has 0 saturated carbocycles. The van der Waals surface area contributed by atoms with E-state index in [2.05, 4.69) is 10.3 Å². The Balaban J connectivity index is 3.04. The minimum Gasteiger partial charge on any atom is -0.396 e. The van der Waals surface area contributed by atoms with E-state index in [-0.39, 0.29) is 29.8 Å². The fourth-order valence-corrected chi connectivity index (χ4v) is 2.59. The molecular formula is C16H26N2O3. The van der Waals surface area contributed by atoms with Crippen LogP contribution in [0.3, 0.4) is 0 Å². The number of H-pyrrole nitrogens is 1. The van der Waals surface area contributed by atoms with Gasteiger partial charge >= 0.3 is 0 Å². The third kappa shape index (κ3) is 3.94. The Kier molecular flexibility index (Phi) is 5.34. The zero-order valence-corrected chi connectivity index (χ0v) is 13.8. The van der Waals surface area contributed by atoms with Crippen molar-refractivity contribution < 1.29 is 14.7 Å². The van der Waals surface area contributed by atoms with Gasteiger partial charge in [0.25, 0.3) is 5.91 Å². The van der Waals surface area contributed by atoms with Gasteiger partial charge < -0.3 is 15.4 Å². The number of carbonyl (C=O) groups excluding carboxylic acids is 2. The Hall–Kier alpha value is -1.62. The summed E-state index contributed by atoms with van der Waals surface area (Å²) in [5, 5.41) is 12.1. The van der Waals surface area contributed by atoms with Gasteiger partial charge in [-0.1, -0.05) is 20.8 Å². The first-order chi connectivity index (χ1) is 9.59. The molecule has 5 heteroatoms. The van der Waals surface area contributed by atoms with Crippen LogP contribution in [-0.4, -0.2) is 34.4 Å². The van der Waals surface area contributed by atoms with Gasteiger partial charge in [-0.25, -0.2) is 0 Å². The minimum atomic E-state index is -0.239. The molecule has 3 N–H and O–H groups in total. The number of ketones is 1. The van der Waals surface area contributed by atoms with Crippen molar-refractivity contribution in [2.75, 3.05) is 6.61 Å². The summed E-state index contributed by atoms with van der Waals surface area (Å²) in [5.41, 5.74) is 2.23. The summed E-state index contributed by atoms with van der Waals surface area (Å²) in [7, 11) is 0. The van der Waals surface area contributed by atoms with Crippen LogP contribution < -0.4 is 5.32 Å². The van der Waals surface area contributed by atoms with Crippen LogP contribution in [0, 0.1) is 19.3 Å². The topological polar surface area (TPSA) is 82.2 Å². The van der Waals surface area contributed by atoms with Crippen molar-refractivity contribution in [2.45, 2.75) is 54.0 Å². The van der Waals surface area contributed by atoms with E-state index >= 15 is 0 Å². The molecule has 0 fully saturated rings. The fraction of sp³-hybridized carbons (Fsp3) is 0.625. The molecule has 0 aliphatic heterocycles. The highest BCUT2D eigenvalue weighted by molar-refractivity contribution is 6.02.